The van der Waals surface area contributed by atoms with Crippen molar-refractivity contribution in [3.05, 3.63) is 57.1 Å². The lowest BCUT2D eigenvalue weighted by molar-refractivity contribution is -0.384. The third-order valence-corrected chi connectivity index (χ3v) is 3.25. The van der Waals surface area contributed by atoms with Gasteiger partial charge in [-0.25, -0.2) is 4.79 Å². The van der Waals surface area contributed by atoms with Crippen molar-refractivity contribution in [2.45, 2.75) is 0 Å². The first-order chi connectivity index (χ1) is 11.0. The average Bonchev–Trinajstić information content (AvgIpc) is 2.55. The average molecular weight is 338 g/mol. The second kappa shape index (κ2) is 6.97. The normalized spacial score (nSPS) is 10.0. The van der Waals surface area contributed by atoms with Crippen molar-refractivity contribution in [2.24, 2.45) is 0 Å². The minimum atomic E-state index is -0.725. The van der Waals surface area contributed by atoms with E-state index in [9.17, 15) is 14.9 Å². The summed E-state index contributed by atoms with van der Waals surface area (Å²) in [7, 11) is 2.88. The molecular formula is C15H12ClNO6. The van der Waals surface area contributed by atoms with Gasteiger partial charge >= 0.3 is 5.97 Å². The smallest absolute Gasteiger partial charge is 0.347 e. The van der Waals surface area contributed by atoms with Gasteiger partial charge in [0, 0.05) is 12.1 Å². The van der Waals surface area contributed by atoms with Crippen LogP contribution in [0.15, 0.2) is 36.4 Å². The molecule has 0 heterocycles. The Morgan fingerprint density at radius 2 is 1.78 bits per heavy atom. The molecule has 23 heavy (non-hydrogen) atoms. The number of ether oxygens (including phenoxy) is 3. The van der Waals surface area contributed by atoms with Gasteiger partial charge in [-0.05, 0) is 24.3 Å². The predicted octanol–water partition coefficient (Wildman–Crippen LogP) is 3.48. The van der Waals surface area contributed by atoms with E-state index in [-0.39, 0.29) is 22.0 Å². The Kier molecular flexibility index (Phi) is 5.02. The van der Waals surface area contributed by atoms with Crippen molar-refractivity contribution in [2.75, 3.05) is 14.2 Å². The number of esters is 1. The highest BCUT2D eigenvalue weighted by Crippen LogP contribution is 2.31. The largest absolute Gasteiger partial charge is 0.497 e. The van der Waals surface area contributed by atoms with Gasteiger partial charge in [0.2, 0.25) is 0 Å². The number of carbonyl (C=O) groups excluding carboxylic acids is 1. The van der Waals surface area contributed by atoms with Gasteiger partial charge in [-0.1, -0.05) is 11.6 Å². The van der Waals surface area contributed by atoms with Crippen molar-refractivity contribution in [1.29, 1.82) is 0 Å². The second-order valence-corrected chi connectivity index (χ2v) is 4.73. The summed E-state index contributed by atoms with van der Waals surface area (Å²) in [5, 5.41) is 10.6. The van der Waals surface area contributed by atoms with E-state index in [1.165, 1.54) is 32.4 Å². The van der Waals surface area contributed by atoms with E-state index >= 15 is 0 Å². The molecule has 0 aliphatic rings. The van der Waals surface area contributed by atoms with Crippen LogP contribution in [0.2, 0.25) is 5.02 Å². The van der Waals surface area contributed by atoms with Gasteiger partial charge in [0.05, 0.1) is 24.2 Å². The third-order valence-electron chi connectivity index (χ3n) is 2.96. The minimum absolute atomic E-state index is 0.00661. The number of non-ortho nitro benzene ring substituents is 1. The molecule has 0 aliphatic carbocycles. The highest BCUT2D eigenvalue weighted by Gasteiger charge is 2.18. The summed E-state index contributed by atoms with van der Waals surface area (Å²) in [4.78, 5) is 22.4. The van der Waals surface area contributed by atoms with Crippen molar-refractivity contribution in [1.82, 2.24) is 0 Å². The van der Waals surface area contributed by atoms with Gasteiger partial charge in [0.1, 0.15) is 22.8 Å². The molecule has 0 saturated heterocycles. The summed E-state index contributed by atoms with van der Waals surface area (Å²) < 4.78 is 15.3. The first-order valence-corrected chi connectivity index (χ1v) is 6.72. The van der Waals surface area contributed by atoms with Gasteiger partial charge in [-0.15, -0.1) is 0 Å². The number of nitrogens with zero attached hydrogens (tertiary/aromatic N) is 1. The van der Waals surface area contributed by atoms with E-state index in [4.69, 9.17) is 25.8 Å². The summed E-state index contributed by atoms with van der Waals surface area (Å²) >= 11 is 5.90. The quantitative estimate of drug-likeness (QED) is 0.359. The zero-order chi connectivity index (χ0) is 17.0. The maximum Gasteiger partial charge on any atom is 0.347 e. The molecule has 120 valence electrons. The molecule has 7 nitrogen and oxygen atoms in total. The number of hydrogen-bond donors (Lipinski definition) is 0. The molecular weight excluding hydrogens is 326 g/mol. The monoisotopic (exact) mass is 337 g/mol. The van der Waals surface area contributed by atoms with Gasteiger partial charge in [0.15, 0.2) is 0 Å². The fourth-order valence-electron chi connectivity index (χ4n) is 1.81. The van der Waals surface area contributed by atoms with Gasteiger partial charge in [0.25, 0.3) is 5.69 Å². The Labute approximate surface area is 136 Å². The molecule has 8 heteroatoms. The molecule has 0 bridgehead atoms. The third kappa shape index (κ3) is 3.70. The van der Waals surface area contributed by atoms with Crippen LogP contribution in [0.25, 0.3) is 0 Å². The Bertz CT molecular complexity index is 762. The lowest BCUT2D eigenvalue weighted by Gasteiger charge is -2.10. The molecule has 0 atom stereocenters. The Morgan fingerprint density at radius 3 is 2.35 bits per heavy atom. The molecule has 0 saturated carbocycles. The molecule has 0 aromatic heterocycles. The van der Waals surface area contributed by atoms with Crippen LogP contribution in [-0.2, 0) is 0 Å². The molecule has 0 unspecified atom stereocenters. The molecule has 2 rings (SSSR count). The maximum absolute atomic E-state index is 12.3. The SMILES string of the molecule is COc1ccc(OC)c(C(=O)Oc2ccc([N+](=O)[O-])cc2Cl)c1. The van der Waals surface area contributed by atoms with E-state index in [2.05, 4.69) is 0 Å². The van der Waals surface area contributed by atoms with Crippen molar-refractivity contribution < 1.29 is 23.9 Å². The van der Waals surface area contributed by atoms with Gasteiger partial charge in [-0.3, -0.25) is 10.1 Å². The predicted molar refractivity (Wildman–Crippen MR) is 82.6 cm³/mol. The van der Waals surface area contributed by atoms with Gasteiger partial charge < -0.3 is 14.2 Å². The Morgan fingerprint density at radius 1 is 1.09 bits per heavy atom. The lowest BCUT2D eigenvalue weighted by Crippen LogP contribution is -2.10. The molecule has 2 aromatic rings. The number of rotatable bonds is 5. The number of halogens is 1. The first-order valence-electron chi connectivity index (χ1n) is 6.34. The van der Waals surface area contributed by atoms with Crippen molar-refractivity contribution >= 4 is 23.3 Å². The van der Waals surface area contributed by atoms with Crippen LogP contribution >= 0.6 is 11.6 Å². The van der Waals surface area contributed by atoms with E-state index in [0.717, 1.165) is 6.07 Å². The molecule has 0 fully saturated rings. The fraction of sp³-hybridized carbons (Fsp3) is 0.133. The van der Waals surface area contributed by atoms with Crippen LogP contribution in [0.5, 0.6) is 17.2 Å². The topological polar surface area (TPSA) is 87.9 Å². The number of nitro benzene ring substituents is 1. The number of benzene rings is 2. The summed E-state index contributed by atoms with van der Waals surface area (Å²) in [5.74, 6) is 0.0324. The van der Waals surface area contributed by atoms with E-state index < -0.39 is 10.9 Å². The standard InChI is InChI=1S/C15H12ClNO6/c1-21-10-4-6-13(22-2)11(8-10)15(18)23-14-5-3-9(17(19)20)7-12(14)16/h3-8H,1-2H3. The molecule has 0 aliphatic heterocycles. The summed E-state index contributed by atoms with van der Waals surface area (Å²) in [5.41, 5.74) is -0.0602. The molecule has 0 amide bonds. The van der Waals surface area contributed by atoms with E-state index in [1.807, 2.05) is 0 Å². The van der Waals surface area contributed by atoms with E-state index in [1.54, 1.807) is 12.1 Å². The van der Waals surface area contributed by atoms with Crippen LogP contribution in [0, 0.1) is 10.1 Å². The highest BCUT2D eigenvalue weighted by molar-refractivity contribution is 6.32. The molecule has 0 radical (unpaired) electrons. The summed E-state index contributed by atoms with van der Waals surface area (Å²) in [6.45, 7) is 0. The summed E-state index contributed by atoms with van der Waals surface area (Å²) in [6, 6.07) is 8.21. The maximum atomic E-state index is 12.3. The zero-order valence-corrected chi connectivity index (χ0v) is 13.0. The van der Waals surface area contributed by atoms with Crippen LogP contribution in [0.1, 0.15) is 10.4 Å². The minimum Gasteiger partial charge on any atom is -0.497 e. The molecule has 2 aromatic carbocycles. The van der Waals surface area contributed by atoms with Gasteiger partial charge in [-0.2, -0.15) is 0 Å². The second-order valence-electron chi connectivity index (χ2n) is 4.33. The zero-order valence-electron chi connectivity index (χ0n) is 12.2. The fourth-order valence-corrected chi connectivity index (χ4v) is 2.03. The first kappa shape index (κ1) is 16.6. The van der Waals surface area contributed by atoms with E-state index in [0.29, 0.717) is 11.5 Å². The van der Waals surface area contributed by atoms with Crippen LogP contribution < -0.4 is 14.2 Å². The van der Waals surface area contributed by atoms with Crippen LogP contribution in [0.3, 0.4) is 0 Å². The highest BCUT2D eigenvalue weighted by atomic mass is 35.5. The summed E-state index contributed by atoms with van der Waals surface area (Å²) in [6.07, 6.45) is 0. The molecule has 0 N–H and O–H groups in total. The Hall–Kier alpha value is -2.80. The number of carbonyl (C=O) groups is 1. The number of hydrogen-bond acceptors (Lipinski definition) is 6. The van der Waals surface area contributed by atoms with Crippen molar-refractivity contribution in [3.63, 3.8) is 0 Å². The van der Waals surface area contributed by atoms with Crippen LogP contribution in [0.4, 0.5) is 5.69 Å². The van der Waals surface area contributed by atoms with Crippen molar-refractivity contribution in [3.8, 4) is 17.2 Å². The lowest BCUT2D eigenvalue weighted by atomic mass is 10.2. The number of nitro groups is 1. The van der Waals surface area contributed by atoms with Crippen LogP contribution in [-0.4, -0.2) is 25.1 Å². The molecule has 0 spiro atoms. The number of methoxy groups -OCH3 is 2. The Balaban J connectivity index is 2.30.